The van der Waals surface area contributed by atoms with Crippen LogP contribution in [0, 0.1) is 6.92 Å². The van der Waals surface area contributed by atoms with Crippen LogP contribution >= 0.6 is 0 Å². The van der Waals surface area contributed by atoms with E-state index in [-0.39, 0.29) is 5.56 Å². The molecule has 0 N–H and O–H groups in total. The van der Waals surface area contributed by atoms with Crippen molar-refractivity contribution >= 4 is 22.3 Å². The summed E-state index contributed by atoms with van der Waals surface area (Å²) in [5.74, 6) is 1.42. The summed E-state index contributed by atoms with van der Waals surface area (Å²) >= 11 is 0. The molecule has 0 bridgehead atoms. The Morgan fingerprint density at radius 3 is 2.08 bits per heavy atom. The minimum Gasteiger partial charge on any atom is -0.303 e. The van der Waals surface area contributed by atoms with Gasteiger partial charge in [0, 0.05) is 19.6 Å². The van der Waals surface area contributed by atoms with Gasteiger partial charge in [0.15, 0.2) is 0 Å². The molecule has 1 aliphatic heterocycles. The number of aryl methyl sites for hydroxylation is 2. The van der Waals surface area contributed by atoms with Crippen LogP contribution < -0.4 is 5.56 Å². The van der Waals surface area contributed by atoms with Gasteiger partial charge in [0.05, 0.1) is 10.9 Å². The molecule has 3 heterocycles. The van der Waals surface area contributed by atoms with Crippen molar-refractivity contribution in [3.05, 3.63) is 118 Å². The number of hydrogen-bond donors (Lipinski definition) is 0. The molecular formula is C31H31N5O. The van der Waals surface area contributed by atoms with Crippen LogP contribution in [0.15, 0.2) is 95.3 Å². The molecule has 5 aromatic rings. The van der Waals surface area contributed by atoms with Crippen LogP contribution in [0.1, 0.15) is 36.2 Å². The van der Waals surface area contributed by atoms with Crippen LogP contribution in [0.25, 0.3) is 22.3 Å². The van der Waals surface area contributed by atoms with Crippen LogP contribution in [0.3, 0.4) is 0 Å². The number of rotatable bonds is 6. The lowest BCUT2D eigenvalue weighted by atomic mass is 9.88. The zero-order valence-electron chi connectivity index (χ0n) is 21.2. The van der Waals surface area contributed by atoms with Gasteiger partial charge in [0.2, 0.25) is 5.78 Å². The molecule has 0 atom stereocenters. The highest BCUT2D eigenvalue weighted by molar-refractivity contribution is 5.82. The second kappa shape index (κ2) is 10.1. The minimum absolute atomic E-state index is 0.00901. The van der Waals surface area contributed by atoms with Gasteiger partial charge in [-0.3, -0.25) is 13.8 Å². The first-order chi connectivity index (χ1) is 18.2. The molecule has 37 heavy (non-hydrogen) atoms. The van der Waals surface area contributed by atoms with E-state index in [0.717, 1.165) is 50.2 Å². The lowest BCUT2D eigenvalue weighted by molar-refractivity contribution is 0.249. The van der Waals surface area contributed by atoms with Gasteiger partial charge < -0.3 is 4.90 Å². The van der Waals surface area contributed by atoms with Crippen molar-refractivity contribution in [3.8, 4) is 0 Å². The van der Waals surface area contributed by atoms with E-state index in [4.69, 9.17) is 0 Å². The van der Waals surface area contributed by atoms with Gasteiger partial charge in [0.1, 0.15) is 5.82 Å². The molecule has 1 saturated heterocycles. The van der Waals surface area contributed by atoms with E-state index < -0.39 is 0 Å². The first-order valence-corrected chi connectivity index (χ1v) is 13.1. The fraction of sp³-hybridized carbons (Fsp3) is 0.258. The molecule has 1 aliphatic rings. The third-order valence-electron chi connectivity index (χ3n) is 7.46. The zero-order valence-corrected chi connectivity index (χ0v) is 21.2. The van der Waals surface area contributed by atoms with E-state index in [2.05, 4.69) is 75.8 Å². The van der Waals surface area contributed by atoms with Gasteiger partial charge in [-0.05, 0) is 61.6 Å². The summed E-state index contributed by atoms with van der Waals surface area (Å²) in [6.07, 6.45) is 3.01. The molecule has 0 amide bonds. The molecule has 0 aliphatic carbocycles. The molecule has 3 aromatic carbocycles. The van der Waals surface area contributed by atoms with Crippen LogP contribution in [-0.4, -0.2) is 43.7 Å². The smallest absolute Gasteiger partial charge is 0.262 e. The average Bonchev–Trinajstić information content (AvgIpc) is 3.34. The van der Waals surface area contributed by atoms with Crippen molar-refractivity contribution in [3.63, 3.8) is 0 Å². The molecule has 6 nitrogen and oxygen atoms in total. The first-order valence-electron chi connectivity index (χ1n) is 13.1. The summed E-state index contributed by atoms with van der Waals surface area (Å²) in [5.41, 5.74) is 6.37. The number of hydrogen-bond acceptors (Lipinski definition) is 4. The van der Waals surface area contributed by atoms with Crippen molar-refractivity contribution in [2.75, 3.05) is 19.6 Å². The molecule has 0 saturated carbocycles. The third-order valence-corrected chi connectivity index (χ3v) is 7.46. The first kappa shape index (κ1) is 23.4. The van der Waals surface area contributed by atoms with Gasteiger partial charge >= 0.3 is 0 Å². The van der Waals surface area contributed by atoms with Crippen LogP contribution in [0.4, 0.5) is 0 Å². The minimum atomic E-state index is 0.00901. The Balaban J connectivity index is 1.18. The Labute approximate surface area is 216 Å². The predicted molar refractivity (Wildman–Crippen MR) is 149 cm³/mol. The summed E-state index contributed by atoms with van der Waals surface area (Å²) in [4.78, 5) is 15.8. The quantitative estimate of drug-likeness (QED) is 0.323. The maximum absolute atomic E-state index is 13.3. The molecule has 6 heteroatoms. The van der Waals surface area contributed by atoms with Crippen molar-refractivity contribution in [2.24, 2.45) is 0 Å². The monoisotopic (exact) mass is 489 g/mol. The van der Waals surface area contributed by atoms with E-state index in [1.165, 1.54) is 22.3 Å². The Morgan fingerprint density at radius 1 is 0.784 bits per heavy atom. The fourth-order valence-electron chi connectivity index (χ4n) is 5.63. The average molecular weight is 490 g/mol. The Bertz CT molecular complexity index is 1580. The molecular weight excluding hydrogens is 458 g/mol. The highest BCUT2D eigenvalue weighted by Crippen LogP contribution is 2.32. The standard InChI is InChI=1S/C31H31N5O/c1-23-32-33-31-35(30(37)27-15-8-9-16-28(27)36(23)31)20-10-19-34-21-17-26(18-22-34)29(24-11-4-2-5-12-24)25-13-6-3-7-14-25/h2-9,11-16H,10,17-22H2,1H3. The van der Waals surface area contributed by atoms with Gasteiger partial charge in [-0.1, -0.05) is 78.4 Å². The SMILES string of the molecule is Cc1nnc2n(CCCN3CCC(=C(c4ccccc4)c4ccccc4)CC3)c(=O)c3ccccc3n12. The van der Waals surface area contributed by atoms with Gasteiger partial charge in [0.25, 0.3) is 5.56 Å². The normalized spacial score (nSPS) is 14.5. The topological polar surface area (TPSA) is 55.4 Å². The van der Waals surface area contributed by atoms with E-state index in [9.17, 15) is 4.79 Å². The van der Waals surface area contributed by atoms with Crippen LogP contribution in [0.2, 0.25) is 0 Å². The molecule has 1 fully saturated rings. The van der Waals surface area contributed by atoms with Crippen molar-refractivity contribution in [1.82, 2.24) is 24.1 Å². The van der Waals surface area contributed by atoms with E-state index in [0.29, 0.717) is 17.7 Å². The summed E-state index contributed by atoms with van der Waals surface area (Å²) in [6, 6.07) is 29.2. The molecule has 0 radical (unpaired) electrons. The third kappa shape index (κ3) is 4.49. The number of nitrogens with zero attached hydrogens (tertiary/aromatic N) is 5. The van der Waals surface area contributed by atoms with Gasteiger partial charge in [-0.2, -0.15) is 0 Å². The maximum Gasteiger partial charge on any atom is 0.262 e. The summed E-state index contributed by atoms with van der Waals surface area (Å²) in [5, 5.41) is 9.30. The lowest BCUT2D eigenvalue weighted by Crippen LogP contribution is -2.33. The summed E-state index contributed by atoms with van der Waals surface area (Å²) < 4.78 is 3.78. The summed E-state index contributed by atoms with van der Waals surface area (Å²) in [7, 11) is 0. The number of likely N-dealkylation sites (tertiary alicyclic amines) is 1. The zero-order chi connectivity index (χ0) is 25.2. The number of piperidine rings is 1. The number of para-hydroxylation sites is 1. The predicted octanol–water partition coefficient (Wildman–Crippen LogP) is 5.34. The Hall–Kier alpha value is -4.03. The van der Waals surface area contributed by atoms with Crippen molar-refractivity contribution < 1.29 is 0 Å². The summed E-state index contributed by atoms with van der Waals surface area (Å²) in [6.45, 7) is 5.58. The number of benzene rings is 3. The number of aromatic nitrogens is 4. The molecule has 0 unspecified atom stereocenters. The molecule has 2 aromatic heterocycles. The van der Waals surface area contributed by atoms with Gasteiger partial charge in [-0.25, -0.2) is 0 Å². The second-order valence-electron chi connectivity index (χ2n) is 9.76. The van der Waals surface area contributed by atoms with E-state index in [1.807, 2.05) is 35.6 Å². The van der Waals surface area contributed by atoms with Crippen molar-refractivity contribution in [1.29, 1.82) is 0 Å². The second-order valence-corrected chi connectivity index (χ2v) is 9.76. The highest BCUT2D eigenvalue weighted by atomic mass is 16.1. The van der Waals surface area contributed by atoms with Crippen LogP contribution in [0.5, 0.6) is 0 Å². The van der Waals surface area contributed by atoms with E-state index in [1.54, 1.807) is 4.57 Å². The highest BCUT2D eigenvalue weighted by Gasteiger charge is 2.19. The Kier molecular flexibility index (Phi) is 6.41. The number of fused-ring (bicyclic) bond motifs is 3. The van der Waals surface area contributed by atoms with Crippen molar-refractivity contribution in [2.45, 2.75) is 32.7 Å². The van der Waals surface area contributed by atoms with E-state index >= 15 is 0 Å². The fourth-order valence-corrected chi connectivity index (χ4v) is 5.63. The van der Waals surface area contributed by atoms with Gasteiger partial charge in [-0.15, -0.1) is 10.2 Å². The lowest BCUT2D eigenvalue weighted by Gasteiger charge is -2.30. The Morgan fingerprint density at radius 2 is 1.41 bits per heavy atom. The van der Waals surface area contributed by atoms with Crippen LogP contribution in [-0.2, 0) is 6.54 Å². The molecule has 186 valence electrons. The molecule has 0 spiro atoms. The maximum atomic E-state index is 13.3. The largest absolute Gasteiger partial charge is 0.303 e. The molecule has 6 rings (SSSR count).